The van der Waals surface area contributed by atoms with E-state index in [2.05, 4.69) is 5.92 Å². The van der Waals surface area contributed by atoms with Crippen LogP contribution in [0.15, 0.2) is 18.2 Å². The van der Waals surface area contributed by atoms with Crippen molar-refractivity contribution < 1.29 is 10.2 Å². The minimum atomic E-state index is -0.0671. The molecule has 0 saturated carbocycles. The number of benzene rings is 1. The standard InChI is InChI=1S/C8H6O2/c1-2-6-7(9)4-3-5-8(6)10/h1,3-5,9-10H. The second kappa shape index (κ2) is 2.32. The number of rotatable bonds is 0. The zero-order valence-corrected chi connectivity index (χ0v) is 5.20. The van der Waals surface area contributed by atoms with Crippen molar-refractivity contribution in [3.63, 3.8) is 0 Å². The SMILES string of the molecule is C#Cc1c(O)cccc1O. The lowest BCUT2D eigenvalue weighted by Crippen LogP contribution is -1.75. The van der Waals surface area contributed by atoms with Gasteiger partial charge in [0.1, 0.15) is 17.1 Å². The van der Waals surface area contributed by atoms with Gasteiger partial charge in [0.15, 0.2) is 0 Å². The van der Waals surface area contributed by atoms with Gasteiger partial charge in [-0.2, -0.15) is 0 Å². The van der Waals surface area contributed by atoms with Crippen molar-refractivity contribution in [2.75, 3.05) is 0 Å². The smallest absolute Gasteiger partial charge is 0.134 e. The lowest BCUT2D eigenvalue weighted by atomic mass is 10.2. The van der Waals surface area contributed by atoms with Crippen molar-refractivity contribution in [2.24, 2.45) is 0 Å². The van der Waals surface area contributed by atoms with E-state index in [1.54, 1.807) is 0 Å². The molecule has 0 spiro atoms. The summed E-state index contributed by atoms with van der Waals surface area (Å²) in [7, 11) is 0. The van der Waals surface area contributed by atoms with Crippen molar-refractivity contribution in [1.29, 1.82) is 0 Å². The van der Waals surface area contributed by atoms with Crippen LogP contribution in [-0.2, 0) is 0 Å². The summed E-state index contributed by atoms with van der Waals surface area (Å²) in [4.78, 5) is 0. The van der Waals surface area contributed by atoms with Crippen molar-refractivity contribution >= 4 is 0 Å². The molecule has 0 bridgehead atoms. The van der Waals surface area contributed by atoms with E-state index in [1.165, 1.54) is 18.2 Å². The van der Waals surface area contributed by atoms with Gasteiger partial charge in [-0.25, -0.2) is 0 Å². The Hall–Kier alpha value is -1.62. The van der Waals surface area contributed by atoms with Crippen LogP contribution in [0.4, 0.5) is 0 Å². The van der Waals surface area contributed by atoms with Gasteiger partial charge in [0.25, 0.3) is 0 Å². The van der Waals surface area contributed by atoms with E-state index in [4.69, 9.17) is 16.6 Å². The Balaban J connectivity index is 3.34. The maximum absolute atomic E-state index is 8.99. The highest BCUT2D eigenvalue weighted by atomic mass is 16.3. The summed E-state index contributed by atoms with van der Waals surface area (Å²) in [5, 5.41) is 18.0. The minimum absolute atomic E-state index is 0.0671. The predicted octanol–water partition coefficient (Wildman–Crippen LogP) is 1.08. The molecule has 0 aromatic heterocycles. The molecule has 0 heterocycles. The lowest BCUT2D eigenvalue weighted by molar-refractivity contribution is 0.448. The molecule has 0 unspecified atom stereocenters. The van der Waals surface area contributed by atoms with E-state index in [9.17, 15) is 0 Å². The second-order valence-electron chi connectivity index (χ2n) is 1.82. The average molecular weight is 134 g/mol. The molecule has 0 atom stereocenters. The van der Waals surface area contributed by atoms with E-state index >= 15 is 0 Å². The second-order valence-corrected chi connectivity index (χ2v) is 1.82. The van der Waals surface area contributed by atoms with Gasteiger partial charge in [-0.1, -0.05) is 12.0 Å². The lowest BCUT2D eigenvalue weighted by Gasteiger charge is -1.97. The minimum Gasteiger partial charge on any atom is -0.507 e. The summed E-state index contributed by atoms with van der Waals surface area (Å²) in [5.41, 5.74) is 0.141. The highest BCUT2D eigenvalue weighted by molar-refractivity contribution is 5.52. The highest BCUT2D eigenvalue weighted by Gasteiger charge is 2.00. The Morgan fingerprint density at radius 2 is 1.70 bits per heavy atom. The van der Waals surface area contributed by atoms with Crippen LogP contribution in [0.1, 0.15) is 5.56 Å². The molecule has 0 fully saturated rings. The predicted molar refractivity (Wildman–Crippen MR) is 37.7 cm³/mol. The molecular weight excluding hydrogens is 128 g/mol. The molecule has 0 amide bonds. The summed E-state index contributed by atoms with van der Waals surface area (Å²) in [6, 6.07) is 4.37. The first-order valence-electron chi connectivity index (χ1n) is 2.73. The summed E-state index contributed by atoms with van der Waals surface area (Å²) in [6.07, 6.45) is 4.98. The third-order valence-corrected chi connectivity index (χ3v) is 1.16. The molecule has 50 valence electrons. The van der Waals surface area contributed by atoms with Crippen LogP contribution in [0.3, 0.4) is 0 Å². The van der Waals surface area contributed by atoms with E-state index in [-0.39, 0.29) is 17.1 Å². The average Bonchev–Trinajstić information content (AvgIpc) is 1.88. The number of hydrogen-bond donors (Lipinski definition) is 2. The van der Waals surface area contributed by atoms with Gasteiger partial charge < -0.3 is 10.2 Å². The third kappa shape index (κ3) is 0.893. The van der Waals surface area contributed by atoms with Crippen LogP contribution < -0.4 is 0 Å². The zero-order valence-electron chi connectivity index (χ0n) is 5.20. The van der Waals surface area contributed by atoms with Gasteiger partial charge in [0.05, 0.1) is 0 Å². The summed E-state index contributed by atoms with van der Waals surface area (Å²) in [6.45, 7) is 0. The van der Waals surface area contributed by atoms with Crippen molar-refractivity contribution in [1.82, 2.24) is 0 Å². The third-order valence-electron chi connectivity index (χ3n) is 1.16. The van der Waals surface area contributed by atoms with E-state index in [0.717, 1.165) is 0 Å². The molecule has 0 aliphatic rings. The summed E-state index contributed by atoms with van der Waals surface area (Å²) >= 11 is 0. The van der Waals surface area contributed by atoms with Crippen LogP contribution in [0.2, 0.25) is 0 Å². The fourth-order valence-corrected chi connectivity index (χ4v) is 0.676. The quantitative estimate of drug-likeness (QED) is 0.521. The number of hydrogen-bond acceptors (Lipinski definition) is 2. The van der Waals surface area contributed by atoms with E-state index in [1.807, 2.05) is 0 Å². The van der Waals surface area contributed by atoms with Crippen LogP contribution in [-0.4, -0.2) is 10.2 Å². The Labute approximate surface area is 58.7 Å². The van der Waals surface area contributed by atoms with Crippen molar-refractivity contribution in [2.45, 2.75) is 0 Å². The first kappa shape index (κ1) is 6.50. The topological polar surface area (TPSA) is 40.5 Å². The van der Waals surface area contributed by atoms with Crippen LogP contribution >= 0.6 is 0 Å². The summed E-state index contributed by atoms with van der Waals surface area (Å²) in [5.74, 6) is 2.03. The number of aromatic hydroxyl groups is 2. The first-order chi connectivity index (χ1) is 4.75. The van der Waals surface area contributed by atoms with Gasteiger partial charge >= 0.3 is 0 Å². The van der Waals surface area contributed by atoms with Crippen LogP contribution in [0, 0.1) is 12.3 Å². The molecule has 0 aliphatic heterocycles. The van der Waals surface area contributed by atoms with E-state index < -0.39 is 0 Å². The fourth-order valence-electron chi connectivity index (χ4n) is 0.676. The first-order valence-corrected chi connectivity index (χ1v) is 2.73. The molecule has 0 aliphatic carbocycles. The van der Waals surface area contributed by atoms with Crippen molar-refractivity contribution in [3.05, 3.63) is 23.8 Å². The van der Waals surface area contributed by atoms with E-state index in [0.29, 0.717) is 0 Å². The number of phenolic OH excluding ortho intramolecular Hbond substituents is 2. The molecule has 1 aromatic carbocycles. The van der Waals surface area contributed by atoms with Crippen LogP contribution in [0.5, 0.6) is 11.5 Å². The molecule has 1 aromatic rings. The maximum atomic E-state index is 8.99. The number of phenols is 2. The monoisotopic (exact) mass is 134 g/mol. The van der Waals surface area contributed by atoms with Gasteiger partial charge in [0, 0.05) is 0 Å². The zero-order chi connectivity index (χ0) is 7.56. The molecule has 0 saturated heterocycles. The van der Waals surface area contributed by atoms with Gasteiger partial charge in [-0.3, -0.25) is 0 Å². The molecule has 10 heavy (non-hydrogen) atoms. The molecule has 0 radical (unpaired) electrons. The summed E-state index contributed by atoms with van der Waals surface area (Å²) < 4.78 is 0. The van der Waals surface area contributed by atoms with Crippen molar-refractivity contribution in [3.8, 4) is 23.8 Å². The van der Waals surface area contributed by atoms with Gasteiger partial charge in [-0.15, -0.1) is 6.42 Å². The molecule has 2 heteroatoms. The Kier molecular flexibility index (Phi) is 1.51. The maximum Gasteiger partial charge on any atom is 0.134 e. The number of terminal acetylenes is 1. The van der Waals surface area contributed by atoms with Gasteiger partial charge in [-0.05, 0) is 12.1 Å². The Bertz CT molecular complexity index is 264. The largest absolute Gasteiger partial charge is 0.507 e. The normalized spacial score (nSPS) is 8.70. The fraction of sp³-hybridized carbons (Fsp3) is 0. The Morgan fingerprint density at radius 1 is 1.20 bits per heavy atom. The van der Waals surface area contributed by atoms with Crippen LogP contribution in [0.25, 0.3) is 0 Å². The molecule has 2 N–H and O–H groups in total. The molecule has 1 rings (SSSR count). The molecule has 2 nitrogen and oxygen atoms in total. The highest BCUT2D eigenvalue weighted by Crippen LogP contribution is 2.24. The molecular formula is C8H6O2. The Morgan fingerprint density at radius 3 is 2.00 bits per heavy atom. The van der Waals surface area contributed by atoms with Gasteiger partial charge in [0.2, 0.25) is 0 Å².